The zero-order valence-corrected chi connectivity index (χ0v) is 11.1. The average molecular weight is 233 g/mol. The van der Waals surface area contributed by atoms with E-state index in [1.165, 1.54) is 24.1 Å². The third-order valence-electron chi connectivity index (χ3n) is 4.58. The zero-order valence-electron chi connectivity index (χ0n) is 11.1. The molecule has 0 radical (unpaired) electrons. The van der Waals surface area contributed by atoms with Gasteiger partial charge in [0.1, 0.15) is 0 Å². The Kier molecular flexibility index (Phi) is 2.41. The maximum Gasteiger partial charge on any atom is 0.0812 e. The van der Waals surface area contributed by atoms with Gasteiger partial charge in [-0.3, -0.25) is 0 Å². The summed E-state index contributed by atoms with van der Waals surface area (Å²) in [6.07, 6.45) is 6.56. The molecule has 3 rings (SSSR count). The van der Waals surface area contributed by atoms with Gasteiger partial charge in [0, 0.05) is 23.5 Å². The fourth-order valence-electron chi connectivity index (χ4n) is 3.47. The minimum atomic E-state index is -0.256. The minimum Gasteiger partial charge on any atom is -0.388 e. The highest BCUT2D eigenvalue weighted by molar-refractivity contribution is 5.30. The number of nitrogens with zero attached hydrogens (tertiary/aromatic N) is 1. The van der Waals surface area contributed by atoms with Crippen molar-refractivity contribution < 1.29 is 5.11 Å². The second-order valence-electron chi connectivity index (χ2n) is 6.66. The van der Waals surface area contributed by atoms with E-state index in [0.29, 0.717) is 6.04 Å². The molecule has 0 saturated heterocycles. The van der Waals surface area contributed by atoms with Crippen LogP contribution in [-0.2, 0) is 6.42 Å². The summed E-state index contributed by atoms with van der Waals surface area (Å²) in [5, 5.41) is 10.2. The number of fused-ring (bicyclic) bond motifs is 1. The molecule has 2 aliphatic carbocycles. The van der Waals surface area contributed by atoms with Crippen molar-refractivity contribution in [1.29, 1.82) is 0 Å². The molecule has 0 aromatic carbocycles. The molecule has 1 aromatic heterocycles. The van der Waals surface area contributed by atoms with Gasteiger partial charge in [-0.05, 0) is 36.7 Å². The highest BCUT2D eigenvalue weighted by Crippen LogP contribution is 2.49. The van der Waals surface area contributed by atoms with E-state index in [9.17, 15) is 5.11 Å². The Morgan fingerprint density at radius 2 is 2.24 bits per heavy atom. The van der Waals surface area contributed by atoms with Crippen LogP contribution in [0, 0.1) is 11.3 Å². The quantitative estimate of drug-likeness (QED) is 0.831. The van der Waals surface area contributed by atoms with Gasteiger partial charge >= 0.3 is 0 Å². The molecule has 2 heteroatoms. The molecular formula is C15H23NO. The molecule has 1 aromatic rings. The summed E-state index contributed by atoms with van der Waals surface area (Å²) >= 11 is 0. The lowest BCUT2D eigenvalue weighted by Gasteiger charge is -2.34. The predicted molar refractivity (Wildman–Crippen MR) is 68.9 cm³/mol. The van der Waals surface area contributed by atoms with Crippen LogP contribution in [0.4, 0.5) is 0 Å². The Morgan fingerprint density at radius 3 is 2.88 bits per heavy atom. The van der Waals surface area contributed by atoms with Gasteiger partial charge in [-0.2, -0.15) is 0 Å². The topological polar surface area (TPSA) is 25.2 Å². The molecular weight excluding hydrogens is 210 g/mol. The van der Waals surface area contributed by atoms with Gasteiger partial charge in [-0.15, -0.1) is 0 Å². The fourth-order valence-corrected chi connectivity index (χ4v) is 3.47. The SMILES string of the molecule is CCC1CC1n1ccc2c1CC(C)(C)CC2O. The summed E-state index contributed by atoms with van der Waals surface area (Å²) in [5.41, 5.74) is 2.82. The molecule has 94 valence electrons. The van der Waals surface area contributed by atoms with Gasteiger partial charge in [-0.1, -0.05) is 27.2 Å². The molecule has 0 amide bonds. The maximum atomic E-state index is 10.2. The lowest BCUT2D eigenvalue weighted by atomic mass is 9.75. The number of hydrogen-bond donors (Lipinski definition) is 1. The van der Waals surface area contributed by atoms with Crippen molar-refractivity contribution in [2.24, 2.45) is 11.3 Å². The van der Waals surface area contributed by atoms with E-state index < -0.39 is 0 Å². The minimum absolute atomic E-state index is 0.235. The Hall–Kier alpha value is -0.760. The third kappa shape index (κ3) is 1.83. The summed E-state index contributed by atoms with van der Waals surface area (Å²) in [4.78, 5) is 0. The van der Waals surface area contributed by atoms with E-state index in [0.717, 1.165) is 18.8 Å². The molecule has 1 fully saturated rings. The molecule has 0 bridgehead atoms. The van der Waals surface area contributed by atoms with Crippen LogP contribution in [0.5, 0.6) is 0 Å². The van der Waals surface area contributed by atoms with Crippen molar-refractivity contribution in [2.45, 2.75) is 58.6 Å². The van der Waals surface area contributed by atoms with Crippen LogP contribution in [0.25, 0.3) is 0 Å². The summed E-state index contributed by atoms with van der Waals surface area (Å²) in [7, 11) is 0. The first-order chi connectivity index (χ1) is 8.02. The number of aliphatic hydroxyl groups is 1. The number of aliphatic hydroxyl groups excluding tert-OH is 1. The molecule has 3 unspecified atom stereocenters. The Labute approximate surface area is 104 Å². The van der Waals surface area contributed by atoms with Crippen molar-refractivity contribution in [3.63, 3.8) is 0 Å². The van der Waals surface area contributed by atoms with Gasteiger partial charge in [0.2, 0.25) is 0 Å². The summed E-state index contributed by atoms with van der Waals surface area (Å²) in [5.74, 6) is 0.869. The molecule has 1 heterocycles. The Balaban J connectivity index is 1.94. The lowest BCUT2D eigenvalue weighted by molar-refractivity contribution is 0.0979. The Morgan fingerprint density at radius 1 is 1.47 bits per heavy atom. The lowest BCUT2D eigenvalue weighted by Crippen LogP contribution is -2.26. The van der Waals surface area contributed by atoms with Crippen LogP contribution in [0.15, 0.2) is 12.3 Å². The first-order valence-electron chi connectivity index (χ1n) is 6.89. The van der Waals surface area contributed by atoms with Gasteiger partial charge in [0.15, 0.2) is 0 Å². The first-order valence-corrected chi connectivity index (χ1v) is 6.89. The van der Waals surface area contributed by atoms with Gasteiger partial charge in [-0.25, -0.2) is 0 Å². The summed E-state index contributed by atoms with van der Waals surface area (Å²) in [6, 6.07) is 2.85. The van der Waals surface area contributed by atoms with Crippen molar-refractivity contribution in [2.75, 3.05) is 0 Å². The van der Waals surface area contributed by atoms with Crippen molar-refractivity contribution in [3.05, 3.63) is 23.5 Å². The van der Waals surface area contributed by atoms with E-state index in [4.69, 9.17) is 0 Å². The van der Waals surface area contributed by atoms with E-state index in [1.807, 2.05) is 0 Å². The number of aromatic nitrogens is 1. The van der Waals surface area contributed by atoms with E-state index in [1.54, 1.807) is 0 Å². The van der Waals surface area contributed by atoms with Crippen LogP contribution in [-0.4, -0.2) is 9.67 Å². The zero-order chi connectivity index (χ0) is 12.2. The van der Waals surface area contributed by atoms with E-state index >= 15 is 0 Å². The molecule has 1 N–H and O–H groups in total. The molecule has 17 heavy (non-hydrogen) atoms. The van der Waals surface area contributed by atoms with Crippen LogP contribution in [0.3, 0.4) is 0 Å². The molecule has 2 nitrogen and oxygen atoms in total. The standard InChI is InChI=1S/C15H23NO/c1-4-10-7-12(10)16-6-5-11-13(16)8-15(2,3)9-14(11)17/h5-6,10,12,14,17H,4,7-9H2,1-3H3. The van der Waals surface area contributed by atoms with Crippen LogP contribution >= 0.6 is 0 Å². The molecule has 0 aliphatic heterocycles. The monoisotopic (exact) mass is 233 g/mol. The van der Waals surface area contributed by atoms with Crippen molar-refractivity contribution in [3.8, 4) is 0 Å². The number of rotatable bonds is 2. The molecule has 1 saturated carbocycles. The maximum absolute atomic E-state index is 10.2. The summed E-state index contributed by atoms with van der Waals surface area (Å²) in [6.45, 7) is 6.81. The smallest absolute Gasteiger partial charge is 0.0812 e. The fraction of sp³-hybridized carbons (Fsp3) is 0.733. The second kappa shape index (κ2) is 3.61. The van der Waals surface area contributed by atoms with Gasteiger partial charge < -0.3 is 9.67 Å². The normalized spacial score (nSPS) is 34.5. The summed E-state index contributed by atoms with van der Waals surface area (Å²) < 4.78 is 2.45. The highest BCUT2D eigenvalue weighted by atomic mass is 16.3. The van der Waals surface area contributed by atoms with Crippen LogP contribution < -0.4 is 0 Å². The van der Waals surface area contributed by atoms with Gasteiger partial charge in [0.25, 0.3) is 0 Å². The first kappa shape index (κ1) is 11.3. The Bertz CT molecular complexity index is 432. The molecule has 3 atom stereocenters. The highest BCUT2D eigenvalue weighted by Gasteiger charge is 2.41. The predicted octanol–water partition coefficient (Wildman–Crippen LogP) is 3.46. The third-order valence-corrected chi connectivity index (χ3v) is 4.58. The van der Waals surface area contributed by atoms with E-state index in [-0.39, 0.29) is 11.5 Å². The van der Waals surface area contributed by atoms with Crippen LogP contribution in [0.1, 0.15) is 63.4 Å². The average Bonchev–Trinajstić information content (AvgIpc) is 2.90. The van der Waals surface area contributed by atoms with Crippen molar-refractivity contribution in [1.82, 2.24) is 4.57 Å². The van der Waals surface area contributed by atoms with Crippen LogP contribution in [0.2, 0.25) is 0 Å². The second-order valence-corrected chi connectivity index (χ2v) is 6.66. The van der Waals surface area contributed by atoms with E-state index in [2.05, 4.69) is 37.6 Å². The largest absolute Gasteiger partial charge is 0.388 e. The van der Waals surface area contributed by atoms with Gasteiger partial charge in [0.05, 0.1) is 6.10 Å². The van der Waals surface area contributed by atoms with Crippen molar-refractivity contribution >= 4 is 0 Å². The molecule has 2 aliphatic rings. The molecule has 0 spiro atoms. The number of hydrogen-bond acceptors (Lipinski definition) is 1.